The fourth-order valence-corrected chi connectivity index (χ4v) is 3.81. The first kappa shape index (κ1) is 18.8. The fourth-order valence-electron chi connectivity index (χ4n) is 3.13. The molecule has 29 heavy (non-hydrogen) atoms. The molecule has 0 aliphatic rings. The number of hydrogen-bond donors (Lipinski definition) is 2. The first-order valence-corrected chi connectivity index (χ1v) is 9.98. The summed E-state index contributed by atoms with van der Waals surface area (Å²) in [4.78, 5) is 13.5. The summed E-state index contributed by atoms with van der Waals surface area (Å²) in [5.74, 6) is -0.342. The van der Waals surface area contributed by atoms with Crippen LogP contribution in [0.2, 0.25) is 0 Å². The molecule has 0 unspecified atom stereocenters. The summed E-state index contributed by atoms with van der Waals surface area (Å²) in [5, 5.41) is 17.9. The smallest absolute Gasteiger partial charge is 0.272 e. The van der Waals surface area contributed by atoms with Crippen molar-refractivity contribution in [1.82, 2.24) is 25.4 Å². The van der Waals surface area contributed by atoms with Gasteiger partial charge in [0.05, 0.1) is 28.5 Å². The fraction of sp³-hybridized carbons (Fsp3) is 0.143. The van der Waals surface area contributed by atoms with Gasteiger partial charge in [-0.05, 0) is 50.4 Å². The second-order valence-electron chi connectivity index (χ2n) is 6.58. The summed E-state index contributed by atoms with van der Waals surface area (Å²) >= 11 is 1.57. The van der Waals surface area contributed by atoms with Gasteiger partial charge in [-0.25, -0.2) is 10.1 Å². The zero-order valence-corrected chi connectivity index (χ0v) is 17.1. The number of carbonyl (C=O) groups is 1. The topological polar surface area (TPSA) is 88.0 Å². The van der Waals surface area contributed by atoms with Crippen molar-refractivity contribution in [1.29, 1.82) is 0 Å². The maximum Gasteiger partial charge on any atom is 0.289 e. The molecule has 0 fully saturated rings. The Balaban J connectivity index is 1.57. The molecule has 146 valence electrons. The third-order valence-corrected chi connectivity index (χ3v) is 5.55. The molecule has 4 rings (SSSR count). The van der Waals surface area contributed by atoms with Crippen molar-refractivity contribution in [2.24, 2.45) is 5.10 Å². The van der Waals surface area contributed by atoms with Crippen LogP contribution >= 0.6 is 11.3 Å². The normalized spacial score (nSPS) is 11.6. The molecule has 1 aromatic carbocycles. The van der Waals surface area contributed by atoms with Gasteiger partial charge in [-0.2, -0.15) is 15.3 Å². The first-order valence-electron chi connectivity index (χ1n) is 9.10. The molecular formula is C21H20N6OS. The summed E-state index contributed by atoms with van der Waals surface area (Å²) in [5.41, 5.74) is 8.03. The molecule has 1 amide bonds. The minimum Gasteiger partial charge on any atom is -0.272 e. The van der Waals surface area contributed by atoms with E-state index in [1.165, 1.54) is 0 Å². The van der Waals surface area contributed by atoms with E-state index >= 15 is 0 Å². The highest BCUT2D eigenvalue weighted by Crippen LogP contribution is 2.27. The molecule has 0 atom stereocenters. The number of thiophene rings is 1. The minimum atomic E-state index is -0.342. The lowest BCUT2D eigenvalue weighted by Crippen LogP contribution is -2.19. The van der Waals surface area contributed by atoms with E-state index in [1.807, 2.05) is 73.3 Å². The third-order valence-electron chi connectivity index (χ3n) is 4.57. The largest absolute Gasteiger partial charge is 0.289 e. The van der Waals surface area contributed by atoms with Crippen LogP contribution in [0, 0.1) is 13.8 Å². The molecule has 0 spiro atoms. The number of aromatic nitrogens is 4. The Kier molecular flexibility index (Phi) is 5.09. The highest BCUT2D eigenvalue weighted by Gasteiger charge is 2.19. The van der Waals surface area contributed by atoms with Crippen molar-refractivity contribution >= 4 is 23.0 Å². The van der Waals surface area contributed by atoms with Crippen LogP contribution in [-0.4, -0.2) is 31.6 Å². The van der Waals surface area contributed by atoms with Crippen LogP contribution in [0.5, 0.6) is 0 Å². The molecule has 0 radical (unpaired) electrons. The Morgan fingerprint density at radius 1 is 1.17 bits per heavy atom. The second-order valence-corrected chi connectivity index (χ2v) is 7.52. The van der Waals surface area contributed by atoms with Gasteiger partial charge in [0.15, 0.2) is 0 Å². The number of hydrogen-bond acceptors (Lipinski definition) is 5. The van der Waals surface area contributed by atoms with E-state index in [1.54, 1.807) is 17.4 Å². The summed E-state index contributed by atoms with van der Waals surface area (Å²) in [7, 11) is 0. The molecule has 2 N–H and O–H groups in total. The molecule has 0 bridgehead atoms. The highest BCUT2D eigenvalue weighted by atomic mass is 32.1. The second kappa shape index (κ2) is 7.84. The van der Waals surface area contributed by atoms with Gasteiger partial charge in [-0.1, -0.05) is 24.3 Å². The summed E-state index contributed by atoms with van der Waals surface area (Å²) in [6.07, 6.45) is 0. The van der Waals surface area contributed by atoms with Crippen molar-refractivity contribution in [2.75, 3.05) is 0 Å². The van der Waals surface area contributed by atoms with Gasteiger partial charge in [0.25, 0.3) is 5.91 Å². The lowest BCUT2D eigenvalue weighted by molar-refractivity contribution is 0.0950. The van der Waals surface area contributed by atoms with E-state index < -0.39 is 0 Å². The van der Waals surface area contributed by atoms with Crippen LogP contribution in [0.25, 0.3) is 16.9 Å². The van der Waals surface area contributed by atoms with Gasteiger partial charge in [-0.3, -0.25) is 9.89 Å². The zero-order chi connectivity index (χ0) is 20.4. The van der Waals surface area contributed by atoms with Gasteiger partial charge in [-0.15, -0.1) is 11.3 Å². The molecule has 3 heterocycles. The maximum atomic E-state index is 12.5. The lowest BCUT2D eigenvalue weighted by atomic mass is 10.1. The van der Waals surface area contributed by atoms with Crippen LogP contribution < -0.4 is 5.43 Å². The Morgan fingerprint density at radius 3 is 2.69 bits per heavy atom. The van der Waals surface area contributed by atoms with Crippen LogP contribution in [0.4, 0.5) is 0 Å². The van der Waals surface area contributed by atoms with Crippen molar-refractivity contribution in [3.05, 3.63) is 75.9 Å². The Morgan fingerprint density at radius 2 is 1.97 bits per heavy atom. The van der Waals surface area contributed by atoms with Gasteiger partial charge in [0.1, 0.15) is 5.69 Å². The van der Waals surface area contributed by atoms with Crippen molar-refractivity contribution < 1.29 is 4.79 Å². The predicted octanol–water partition coefficient (Wildman–Crippen LogP) is 4.09. The van der Waals surface area contributed by atoms with Crippen molar-refractivity contribution in [3.63, 3.8) is 0 Å². The predicted molar refractivity (Wildman–Crippen MR) is 115 cm³/mol. The Bertz CT molecular complexity index is 1170. The molecule has 8 heteroatoms. The number of benzene rings is 1. The van der Waals surface area contributed by atoms with Crippen LogP contribution in [0.3, 0.4) is 0 Å². The van der Waals surface area contributed by atoms with Crippen LogP contribution in [0.1, 0.15) is 33.7 Å². The Hall–Kier alpha value is -3.52. The molecule has 0 aliphatic carbocycles. The quantitative estimate of drug-likeness (QED) is 0.388. The number of rotatable bonds is 5. The monoisotopic (exact) mass is 404 g/mol. The first-order chi connectivity index (χ1) is 14.0. The van der Waals surface area contributed by atoms with E-state index in [4.69, 9.17) is 0 Å². The van der Waals surface area contributed by atoms with Gasteiger partial charge in [0.2, 0.25) is 0 Å². The van der Waals surface area contributed by atoms with E-state index in [2.05, 4.69) is 25.8 Å². The van der Waals surface area contributed by atoms with Crippen LogP contribution in [0.15, 0.2) is 59.0 Å². The minimum absolute atomic E-state index is 0.342. The number of nitrogens with one attached hydrogen (secondary N) is 2. The molecule has 3 aromatic heterocycles. The zero-order valence-electron chi connectivity index (χ0n) is 16.3. The van der Waals surface area contributed by atoms with Crippen molar-refractivity contribution in [2.45, 2.75) is 20.8 Å². The summed E-state index contributed by atoms with van der Waals surface area (Å²) < 4.78 is 1.88. The number of aromatic amines is 1. The Labute approximate surface area is 172 Å². The molecule has 4 aromatic rings. The van der Waals surface area contributed by atoms with Crippen LogP contribution in [-0.2, 0) is 0 Å². The number of hydrazone groups is 1. The lowest BCUT2D eigenvalue weighted by Gasteiger charge is -2.04. The van der Waals surface area contributed by atoms with E-state index in [0.29, 0.717) is 11.4 Å². The number of carbonyl (C=O) groups excluding carboxylic acids is 1. The highest BCUT2D eigenvalue weighted by molar-refractivity contribution is 7.12. The standard InChI is InChI=1S/C21H20N6OS/c1-13(19-10-7-11-29-19)22-25-21(28)18-12-17(23-24-18)20-14(2)26-27(15(20)3)16-8-5-4-6-9-16/h4-12H,1-3H3,(H,23,24)(H,25,28). The van der Waals surface area contributed by atoms with Gasteiger partial charge < -0.3 is 0 Å². The van der Waals surface area contributed by atoms with Crippen molar-refractivity contribution in [3.8, 4) is 16.9 Å². The average molecular weight is 404 g/mol. The number of amides is 1. The van der Waals surface area contributed by atoms with E-state index in [-0.39, 0.29) is 5.91 Å². The van der Waals surface area contributed by atoms with E-state index in [0.717, 1.165) is 33.2 Å². The summed E-state index contributed by atoms with van der Waals surface area (Å²) in [6, 6.07) is 15.5. The number of H-pyrrole nitrogens is 1. The average Bonchev–Trinajstić information content (AvgIpc) is 3.47. The number of aryl methyl sites for hydroxylation is 1. The maximum absolute atomic E-state index is 12.5. The molecular weight excluding hydrogens is 384 g/mol. The number of nitrogens with zero attached hydrogens (tertiary/aromatic N) is 4. The molecule has 0 saturated carbocycles. The number of para-hydroxylation sites is 1. The molecule has 0 saturated heterocycles. The SMILES string of the molecule is CC(=NNC(=O)c1cc(-c2c(C)nn(-c3ccccc3)c2C)n[nH]1)c1cccs1. The summed E-state index contributed by atoms with van der Waals surface area (Å²) in [6.45, 7) is 5.78. The van der Waals surface area contributed by atoms with E-state index in [9.17, 15) is 4.79 Å². The molecule has 7 nitrogen and oxygen atoms in total. The third kappa shape index (κ3) is 3.74. The molecule has 0 aliphatic heterocycles. The van der Waals surface area contributed by atoms with Gasteiger partial charge in [0, 0.05) is 10.4 Å². The van der Waals surface area contributed by atoms with Gasteiger partial charge >= 0.3 is 0 Å².